The van der Waals surface area contributed by atoms with Gasteiger partial charge in [0.15, 0.2) is 0 Å². The summed E-state index contributed by atoms with van der Waals surface area (Å²) in [6.45, 7) is 0. The first-order valence-corrected chi connectivity index (χ1v) is 9.49. The van der Waals surface area contributed by atoms with E-state index in [4.69, 9.17) is 0 Å². The van der Waals surface area contributed by atoms with Gasteiger partial charge in [0.05, 0.1) is 11.1 Å². The molecule has 0 fully saturated rings. The summed E-state index contributed by atoms with van der Waals surface area (Å²) in [6, 6.07) is 14.5. The fourth-order valence-electron chi connectivity index (χ4n) is 3.19. The number of pyridine rings is 1. The Labute approximate surface area is 168 Å². The van der Waals surface area contributed by atoms with Crippen LogP contribution < -0.4 is 0 Å². The first-order valence-electron chi connectivity index (χ1n) is 8.67. The summed E-state index contributed by atoms with van der Waals surface area (Å²) >= 11 is 1.48. The largest absolute Gasteiger partial charge is 0.478 e. The number of alkyl halides is 3. The van der Waals surface area contributed by atoms with Gasteiger partial charge in [-0.05, 0) is 29.1 Å². The SMILES string of the molecule is O=C(O)c1cncc(-c2cccc3cc(Cc4cccc(C(F)(F)F)c4)sc23)c1. The molecule has 0 bridgehead atoms. The number of rotatable bonds is 4. The maximum Gasteiger partial charge on any atom is 0.416 e. The predicted molar refractivity (Wildman–Crippen MR) is 106 cm³/mol. The van der Waals surface area contributed by atoms with Gasteiger partial charge < -0.3 is 5.11 Å². The van der Waals surface area contributed by atoms with E-state index in [2.05, 4.69) is 4.98 Å². The summed E-state index contributed by atoms with van der Waals surface area (Å²) in [6.07, 6.45) is -1.09. The van der Waals surface area contributed by atoms with E-state index in [0.29, 0.717) is 17.5 Å². The third-order valence-corrected chi connectivity index (χ3v) is 5.71. The van der Waals surface area contributed by atoms with Gasteiger partial charge in [-0.25, -0.2) is 4.79 Å². The van der Waals surface area contributed by atoms with Gasteiger partial charge in [-0.2, -0.15) is 13.2 Å². The van der Waals surface area contributed by atoms with Gasteiger partial charge in [-0.3, -0.25) is 4.98 Å². The molecule has 146 valence electrons. The number of hydrogen-bond donors (Lipinski definition) is 1. The Morgan fingerprint density at radius 1 is 1.03 bits per heavy atom. The molecule has 7 heteroatoms. The van der Waals surface area contributed by atoms with Gasteiger partial charge in [-0.15, -0.1) is 11.3 Å². The Hall–Kier alpha value is -3.19. The smallest absolute Gasteiger partial charge is 0.416 e. The van der Waals surface area contributed by atoms with Crippen LogP contribution in [0.25, 0.3) is 21.2 Å². The molecular formula is C22H14F3NO2S. The maximum absolute atomic E-state index is 13.0. The monoisotopic (exact) mass is 413 g/mol. The summed E-state index contributed by atoms with van der Waals surface area (Å²) in [5, 5.41) is 10.2. The molecule has 0 amide bonds. The number of fused-ring (bicyclic) bond motifs is 1. The van der Waals surface area contributed by atoms with Crippen LogP contribution in [0.4, 0.5) is 13.2 Å². The Balaban J connectivity index is 1.72. The van der Waals surface area contributed by atoms with Crippen LogP contribution in [0.3, 0.4) is 0 Å². The maximum atomic E-state index is 13.0. The number of thiophene rings is 1. The average molecular weight is 413 g/mol. The molecule has 0 aliphatic heterocycles. The number of carboxylic acids is 1. The van der Waals surface area contributed by atoms with Crippen molar-refractivity contribution >= 4 is 27.4 Å². The van der Waals surface area contributed by atoms with Crippen LogP contribution in [-0.2, 0) is 12.6 Å². The Kier molecular flexibility index (Phi) is 4.84. The minimum absolute atomic E-state index is 0.0975. The highest BCUT2D eigenvalue weighted by atomic mass is 32.1. The van der Waals surface area contributed by atoms with Gasteiger partial charge in [-0.1, -0.05) is 36.4 Å². The first kappa shape index (κ1) is 19.1. The molecule has 4 rings (SSSR count). The number of carboxylic acid groups (broad SMARTS) is 1. The number of aromatic nitrogens is 1. The highest BCUT2D eigenvalue weighted by Crippen LogP contribution is 2.36. The molecule has 2 aromatic carbocycles. The van der Waals surface area contributed by atoms with Crippen LogP contribution in [0, 0.1) is 0 Å². The van der Waals surface area contributed by atoms with Crippen LogP contribution in [0.1, 0.15) is 26.4 Å². The van der Waals surface area contributed by atoms with E-state index in [0.717, 1.165) is 26.6 Å². The lowest BCUT2D eigenvalue weighted by Crippen LogP contribution is -2.05. The second-order valence-corrected chi connectivity index (χ2v) is 7.72. The lowest BCUT2D eigenvalue weighted by Gasteiger charge is -2.08. The van der Waals surface area contributed by atoms with Gasteiger partial charge in [0.1, 0.15) is 0 Å². The summed E-state index contributed by atoms with van der Waals surface area (Å²) in [5.41, 5.74) is 1.55. The van der Waals surface area contributed by atoms with Crippen molar-refractivity contribution in [2.24, 2.45) is 0 Å². The van der Waals surface area contributed by atoms with Crippen LogP contribution in [0.2, 0.25) is 0 Å². The van der Waals surface area contributed by atoms with E-state index in [1.165, 1.54) is 29.7 Å². The van der Waals surface area contributed by atoms with Gasteiger partial charge in [0.2, 0.25) is 0 Å². The van der Waals surface area contributed by atoms with E-state index >= 15 is 0 Å². The lowest BCUT2D eigenvalue weighted by atomic mass is 10.0. The molecule has 0 aliphatic carbocycles. The standard InChI is InChI=1S/C22H14F3NO2S/c23-22(24,25)17-5-1-3-13(7-17)8-18-10-14-4-2-6-19(20(14)29-18)15-9-16(21(27)28)12-26-11-15/h1-7,9-12H,8H2,(H,27,28). The number of aromatic carboxylic acids is 1. The molecule has 3 nitrogen and oxygen atoms in total. The van der Waals surface area contributed by atoms with E-state index in [-0.39, 0.29) is 5.56 Å². The highest BCUT2D eigenvalue weighted by Gasteiger charge is 2.30. The zero-order chi connectivity index (χ0) is 20.6. The zero-order valence-corrected chi connectivity index (χ0v) is 15.7. The van der Waals surface area contributed by atoms with Crippen LogP contribution in [0.5, 0.6) is 0 Å². The van der Waals surface area contributed by atoms with Crippen molar-refractivity contribution in [1.82, 2.24) is 4.98 Å². The van der Waals surface area contributed by atoms with Crippen molar-refractivity contribution in [3.05, 3.63) is 88.6 Å². The van der Waals surface area contributed by atoms with Gasteiger partial charge in [0.25, 0.3) is 0 Å². The number of benzene rings is 2. The molecule has 2 heterocycles. The molecule has 29 heavy (non-hydrogen) atoms. The number of halogens is 3. The molecule has 0 unspecified atom stereocenters. The van der Waals surface area contributed by atoms with Crippen molar-refractivity contribution < 1.29 is 23.1 Å². The second kappa shape index (κ2) is 7.33. The van der Waals surface area contributed by atoms with Crippen molar-refractivity contribution in [3.8, 4) is 11.1 Å². The average Bonchev–Trinajstić information content (AvgIpc) is 3.10. The third kappa shape index (κ3) is 4.00. The summed E-state index contributed by atoms with van der Waals surface area (Å²) < 4.78 is 39.8. The number of hydrogen-bond acceptors (Lipinski definition) is 3. The molecule has 0 spiro atoms. The molecule has 0 aliphatic rings. The topological polar surface area (TPSA) is 50.2 Å². The Morgan fingerprint density at radius 3 is 2.59 bits per heavy atom. The van der Waals surface area contributed by atoms with Crippen molar-refractivity contribution in [3.63, 3.8) is 0 Å². The Bertz CT molecular complexity index is 1210. The number of nitrogens with zero attached hydrogens (tertiary/aromatic N) is 1. The van der Waals surface area contributed by atoms with Crippen LogP contribution >= 0.6 is 11.3 Å². The molecule has 1 N–H and O–H groups in total. The van der Waals surface area contributed by atoms with Crippen molar-refractivity contribution in [1.29, 1.82) is 0 Å². The summed E-state index contributed by atoms with van der Waals surface area (Å²) in [7, 11) is 0. The van der Waals surface area contributed by atoms with Crippen LogP contribution in [-0.4, -0.2) is 16.1 Å². The predicted octanol–water partition coefficient (Wildman–Crippen LogP) is 6.27. The second-order valence-electron chi connectivity index (χ2n) is 6.58. The minimum atomic E-state index is -4.37. The molecule has 0 radical (unpaired) electrons. The zero-order valence-electron chi connectivity index (χ0n) is 14.9. The van der Waals surface area contributed by atoms with Gasteiger partial charge >= 0.3 is 12.1 Å². The minimum Gasteiger partial charge on any atom is -0.478 e. The summed E-state index contributed by atoms with van der Waals surface area (Å²) in [4.78, 5) is 16.2. The normalized spacial score (nSPS) is 11.7. The fraction of sp³-hybridized carbons (Fsp3) is 0.0909. The fourth-order valence-corrected chi connectivity index (χ4v) is 4.42. The molecule has 0 atom stereocenters. The van der Waals surface area contributed by atoms with Crippen molar-refractivity contribution in [2.45, 2.75) is 12.6 Å². The lowest BCUT2D eigenvalue weighted by molar-refractivity contribution is -0.137. The van der Waals surface area contributed by atoms with Gasteiger partial charge in [0, 0.05) is 39.5 Å². The molecule has 0 saturated heterocycles. The molecule has 0 saturated carbocycles. The summed E-state index contributed by atoms with van der Waals surface area (Å²) in [5.74, 6) is -1.05. The molecule has 4 aromatic rings. The van der Waals surface area contributed by atoms with E-state index in [1.54, 1.807) is 18.3 Å². The molecular weight excluding hydrogens is 399 g/mol. The van der Waals surface area contributed by atoms with Crippen molar-refractivity contribution in [2.75, 3.05) is 0 Å². The first-order chi connectivity index (χ1) is 13.8. The number of carbonyl (C=O) groups is 1. The van der Waals surface area contributed by atoms with E-state index < -0.39 is 17.7 Å². The van der Waals surface area contributed by atoms with Crippen LogP contribution in [0.15, 0.2) is 67.0 Å². The van der Waals surface area contributed by atoms with E-state index in [9.17, 15) is 23.1 Å². The Morgan fingerprint density at radius 2 is 1.83 bits per heavy atom. The third-order valence-electron chi connectivity index (χ3n) is 4.52. The molecule has 2 aromatic heterocycles. The quantitative estimate of drug-likeness (QED) is 0.429. The highest BCUT2D eigenvalue weighted by molar-refractivity contribution is 7.19. The van der Waals surface area contributed by atoms with E-state index in [1.807, 2.05) is 24.3 Å².